The molecule has 0 unspecified atom stereocenters. The van der Waals surface area contributed by atoms with Gasteiger partial charge < -0.3 is 5.11 Å². The van der Waals surface area contributed by atoms with Gasteiger partial charge in [-0.25, -0.2) is 9.79 Å². The van der Waals surface area contributed by atoms with Gasteiger partial charge in [-0.2, -0.15) is 0 Å². The largest absolute Gasteiger partial charge is 0.478 e. The Morgan fingerprint density at radius 3 is 2.44 bits per heavy atom. The third-order valence-corrected chi connectivity index (χ3v) is 5.29. The van der Waals surface area contributed by atoms with E-state index in [2.05, 4.69) is 4.99 Å². The molecule has 0 bridgehead atoms. The zero-order valence-electron chi connectivity index (χ0n) is 15.1. The number of aliphatic imine (C=N–C) groups is 1. The van der Waals surface area contributed by atoms with Gasteiger partial charge in [0.1, 0.15) is 0 Å². The van der Waals surface area contributed by atoms with Crippen molar-refractivity contribution in [3.05, 3.63) is 70.6 Å². The van der Waals surface area contributed by atoms with E-state index in [0.29, 0.717) is 10.1 Å². The van der Waals surface area contributed by atoms with E-state index in [0.717, 1.165) is 17.7 Å². The normalized spacial score (nSPS) is 18.3. The molecule has 1 saturated heterocycles. The zero-order valence-corrected chi connectivity index (χ0v) is 15.9. The predicted molar refractivity (Wildman–Crippen MR) is 109 cm³/mol. The number of hydrogen-bond acceptors (Lipinski definition) is 4. The van der Waals surface area contributed by atoms with Crippen LogP contribution in [0.5, 0.6) is 0 Å². The molecule has 1 amide bonds. The summed E-state index contributed by atoms with van der Waals surface area (Å²) in [4.78, 5) is 30.9. The van der Waals surface area contributed by atoms with E-state index < -0.39 is 5.97 Å². The Bertz CT molecular complexity index is 905. The predicted octanol–water partition coefficient (Wildman–Crippen LogP) is 4.79. The van der Waals surface area contributed by atoms with Crippen molar-refractivity contribution in [2.45, 2.75) is 26.3 Å². The lowest BCUT2D eigenvalue weighted by atomic mass is 10.1. The van der Waals surface area contributed by atoms with E-state index in [4.69, 9.17) is 5.11 Å². The molecule has 3 rings (SSSR count). The first-order valence-corrected chi connectivity index (χ1v) is 9.51. The topological polar surface area (TPSA) is 70.0 Å². The van der Waals surface area contributed by atoms with E-state index >= 15 is 0 Å². The van der Waals surface area contributed by atoms with Crippen molar-refractivity contribution in [2.24, 2.45) is 4.99 Å². The summed E-state index contributed by atoms with van der Waals surface area (Å²) in [7, 11) is 0. The molecule has 1 aliphatic rings. The Morgan fingerprint density at radius 2 is 1.85 bits per heavy atom. The van der Waals surface area contributed by atoms with Crippen LogP contribution in [0.25, 0.3) is 6.08 Å². The van der Waals surface area contributed by atoms with E-state index in [1.54, 1.807) is 23.1 Å². The number of hydrogen-bond donors (Lipinski definition) is 1. The second kappa shape index (κ2) is 8.22. The minimum atomic E-state index is -0.972. The quantitative estimate of drug-likeness (QED) is 0.758. The summed E-state index contributed by atoms with van der Waals surface area (Å²) in [6.07, 6.45) is 2.60. The van der Waals surface area contributed by atoms with Crippen LogP contribution in [0.3, 0.4) is 0 Å². The molecule has 1 atom stereocenters. The molecule has 2 aromatic rings. The number of amides is 1. The van der Waals surface area contributed by atoms with Crippen LogP contribution >= 0.6 is 11.8 Å². The molecule has 5 nitrogen and oxygen atoms in total. The molecule has 2 aromatic carbocycles. The van der Waals surface area contributed by atoms with Crippen molar-refractivity contribution >= 4 is 40.6 Å². The third-order valence-electron chi connectivity index (χ3n) is 4.30. The number of carbonyl (C=O) groups is 2. The van der Waals surface area contributed by atoms with Crippen LogP contribution in [0, 0.1) is 0 Å². The fourth-order valence-electron chi connectivity index (χ4n) is 2.62. The van der Waals surface area contributed by atoms with Crippen molar-refractivity contribution in [1.29, 1.82) is 0 Å². The van der Waals surface area contributed by atoms with Crippen LogP contribution in [-0.2, 0) is 4.79 Å². The highest BCUT2D eigenvalue weighted by Gasteiger charge is 2.36. The summed E-state index contributed by atoms with van der Waals surface area (Å²) < 4.78 is 0. The molecule has 27 heavy (non-hydrogen) atoms. The van der Waals surface area contributed by atoms with Crippen molar-refractivity contribution in [1.82, 2.24) is 4.90 Å². The average molecular weight is 380 g/mol. The smallest absolute Gasteiger partial charge is 0.335 e. The van der Waals surface area contributed by atoms with Crippen LogP contribution in [0.4, 0.5) is 5.69 Å². The minimum Gasteiger partial charge on any atom is -0.478 e. The molecule has 1 N–H and O–H groups in total. The van der Waals surface area contributed by atoms with E-state index in [9.17, 15) is 9.59 Å². The first-order chi connectivity index (χ1) is 13.0. The third kappa shape index (κ3) is 4.28. The van der Waals surface area contributed by atoms with Gasteiger partial charge in [0, 0.05) is 6.04 Å². The molecular formula is C21H20N2O3S. The summed E-state index contributed by atoms with van der Waals surface area (Å²) in [5.74, 6) is -1.05. The fourth-order valence-corrected chi connectivity index (χ4v) is 3.71. The standard InChI is InChI=1S/C21H20N2O3S/c1-3-14(2)23-19(24)18(13-15-9-11-16(12-10-15)20(25)26)27-21(23)22-17-7-5-4-6-8-17/h4-14H,3H2,1-2H3,(H,25,26)/b18-13+,22-21?/t14-/m1/s1. The highest BCUT2D eigenvalue weighted by molar-refractivity contribution is 8.18. The summed E-state index contributed by atoms with van der Waals surface area (Å²) in [6.45, 7) is 4.04. The maximum atomic E-state index is 12.9. The van der Waals surface area contributed by atoms with Gasteiger partial charge in [-0.05, 0) is 61.0 Å². The molecule has 138 valence electrons. The molecule has 0 aliphatic carbocycles. The van der Waals surface area contributed by atoms with Crippen molar-refractivity contribution in [3.8, 4) is 0 Å². The van der Waals surface area contributed by atoms with Gasteiger partial charge in [0.05, 0.1) is 16.2 Å². The molecule has 1 heterocycles. The van der Waals surface area contributed by atoms with Crippen LogP contribution in [-0.4, -0.2) is 33.1 Å². The van der Waals surface area contributed by atoms with E-state index in [1.165, 1.54) is 23.9 Å². The SMILES string of the molecule is CC[C@@H](C)N1C(=O)/C(=C\c2ccc(C(=O)O)cc2)SC1=Nc1ccccc1. The fraction of sp³-hybridized carbons (Fsp3) is 0.190. The number of aromatic carboxylic acids is 1. The average Bonchev–Trinajstić information content (AvgIpc) is 2.97. The number of amidine groups is 1. The molecule has 0 radical (unpaired) electrons. The van der Waals surface area contributed by atoms with Gasteiger partial charge in [-0.1, -0.05) is 37.3 Å². The Hall–Kier alpha value is -2.86. The van der Waals surface area contributed by atoms with Crippen LogP contribution in [0.15, 0.2) is 64.5 Å². The Morgan fingerprint density at radius 1 is 1.19 bits per heavy atom. The van der Waals surface area contributed by atoms with Crippen LogP contribution in [0.2, 0.25) is 0 Å². The van der Waals surface area contributed by atoms with E-state index in [1.807, 2.05) is 44.2 Å². The number of nitrogens with zero attached hydrogens (tertiary/aromatic N) is 2. The zero-order chi connectivity index (χ0) is 19.4. The minimum absolute atomic E-state index is 0.0350. The maximum Gasteiger partial charge on any atom is 0.335 e. The van der Waals surface area contributed by atoms with Gasteiger partial charge in [0.25, 0.3) is 5.91 Å². The monoisotopic (exact) mass is 380 g/mol. The van der Waals surface area contributed by atoms with Gasteiger partial charge >= 0.3 is 5.97 Å². The highest BCUT2D eigenvalue weighted by atomic mass is 32.2. The van der Waals surface area contributed by atoms with Gasteiger partial charge in [-0.15, -0.1) is 0 Å². The summed E-state index contributed by atoms with van der Waals surface area (Å²) >= 11 is 1.34. The maximum absolute atomic E-state index is 12.9. The Balaban J connectivity index is 1.94. The van der Waals surface area contributed by atoms with Crippen molar-refractivity contribution < 1.29 is 14.7 Å². The molecule has 0 aromatic heterocycles. The lowest BCUT2D eigenvalue weighted by molar-refractivity contribution is -0.123. The van der Waals surface area contributed by atoms with Crippen LogP contribution < -0.4 is 0 Å². The number of thioether (sulfide) groups is 1. The molecule has 1 fully saturated rings. The van der Waals surface area contributed by atoms with Crippen LogP contribution in [0.1, 0.15) is 36.2 Å². The van der Waals surface area contributed by atoms with Gasteiger partial charge in [0.2, 0.25) is 0 Å². The molecule has 6 heteroatoms. The summed E-state index contributed by atoms with van der Waals surface area (Å²) in [5.41, 5.74) is 1.80. The van der Waals surface area contributed by atoms with Crippen molar-refractivity contribution in [3.63, 3.8) is 0 Å². The van der Waals surface area contributed by atoms with Gasteiger partial charge in [-0.3, -0.25) is 9.69 Å². The summed E-state index contributed by atoms with van der Waals surface area (Å²) in [6, 6.07) is 16.0. The summed E-state index contributed by atoms with van der Waals surface area (Å²) in [5, 5.41) is 9.66. The van der Waals surface area contributed by atoms with Crippen molar-refractivity contribution in [2.75, 3.05) is 0 Å². The molecule has 0 saturated carbocycles. The number of benzene rings is 2. The second-order valence-electron chi connectivity index (χ2n) is 6.20. The number of para-hydroxylation sites is 1. The lowest BCUT2D eigenvalue weighted by Gasteiger charge is -2.22. The van der Waals surface area contributed by atoms with E-state index in [-0.39, 0.29) is 17.5 Å². The number of carboxylic acids is 1. The number of rotatable bonds is 5. The Labute approximate surface area is 162 Å². The molecular weight excluding hydrogens is 360 g/mol. The first-order valence-electron chi connectivity index (χ1n) is 8.69. The molecule has 1 aliphatic heterocycles. The number of carbonyl (C=O) groups excluding carboxylic acids is 1. The Kier molecular flexibility index (Phi) is 5.76. The first kappa shape index (κ1) is 18.9. The van der Waals surface area contributed by atoms with Gasteiger partial charge in [0.15, 0.2) is 5.17 Å². The second-order valence-corrected chi connectivity index (χ2v) is 7.21. The number of carboxylic acid groups (broad SMARTS) is 1. The molecule has 0 spiro atoms. The lowest BCUT2D eigenvalue weighted by Crippen LogP contribution is -2.36. The highest BCUT2D eigenvalue weighted by Crippen LogP contribution is 2.35.